The molecule has 0 amide bonds. The number of pyridine rings is 2. The number of piperidine rings is 1. The topological polar surface area (TPSA) is 66.8 Å². The summed E-state index contributed by atoms with van der Waals surface area (Å²) < 4.78 is 4.34. The lowest BCUT2D eigenvalue weighted by Crippen LogP contribution is -2.29. The molecular weight excluding hydrogens is 320 g/mol. The van der Waals surface area contributed by atoms with Gasteiger partial charge in [0.1, 0.15) is 11.5 Å². The summed E-state index contributed by atoms with van der Waals surface area (Å²) in [6, 6.07) is 9.81. The third-order valence-electron chi connectivity index (χ3n) is 4.02. The Kier molecular flexibility index (Phi) is 4.33. The van der Waals surface area contributed by atoms with Crippen molar-refractivity contribution in [3.63, 3.8) is 0 Å². The SMILES string of the molecule is c1ccc(-c2nsc(Nc3ccc(N4CCCCC4)cn3)n2)nc1. The number of anilines is 3. The van der Waals surface area contributed by atoms with Gasteiger partial charge in [-0.15, -0.1) is 0 Å². The molecule has 122 valence electrons. The summed E-state index contributed by atoms with van der Waals surface area (Å²) in [6.45, 7) is 2.25. The van der Waals surface area contributed by atoms with Gasteiger partial charge in [0, 0.05) is 30.8 Å². The van der Waals surface area contributed by atoms with Crippen LogP contribution in [0.3, 0.4) is 0 Å². The molecule has 0 radical (unpaired) electrons. The van der Waals surface area contributed by atoms with Crippen LogP contribution < -0.4 is 10.2 Å². The molecule has 1 saturated heterocycles. The van der Waals surface area contributed by atoms with E-state index in [4.69, 9.17) is 0 Å². The van der Waals surface area contributed by atoms with Crippen LogP contribution in [0, 0.1) is 0 Å². The van der Waals surface area contributed by atoms with E-state index in [2.05, 4.69) is 35.6 Å². The molecule has 24 heavy (non-hydrogen) atoms. The summed E-state index contributed by atoms with van der Waals surface area (Å²) in [6.07, 6.45) is 7.53. The van der Waals surface area contributed by atoms with E-state index < -0.39 is 0 Å². The standard InChI is InChI=1S/C17H18N6S/c1-4-10-23(11-5-1)13-7-8-15(19-12-13)20-17-21-16(22-24-17)14-6-2-3-9-18-14/h2-3,6-9,12H,1,4-5,10-11H2,(H,19,20,21,22). The van der Waals surface area contributed by atoms with E-state index in [1.165, 1.54) is 36.5 Å². The van der Waals surface area contributed by atoms with Gasteiger partial charge in [-0.3, -0.25) is 4.98 Å². The van der Waals surface area contributed by atoms with E-state index in [1.807, 2.05) is 30.5 Å². The van der Waals surface area contributed by atoms with Crippen LogP contribution in [0.15, 0.2) is 42.7 Å². The molecular formula is C17H18N6S. The molecule has 4 heterocycles. The third-order valence-corrected chi connectivity index (χ3v) is 4.65. The van der Waals surface area contributed by atoms with Gasteiger partial charge in [0.15, 0.2) is 5.82 Å². The highest BCUT2D eigenvalue weighted by Crippen LogP contribution is 2.24. The Morgan fingerprint density at radius 1 is 1.00 bits per heavy atom. The summed E-state index contributed by atoms with van der Waals surface area (Å²) in [5.41, 5.74) is 1.96. The third kappa shape index (κ3) is 3.35. The molecule has 1 aliphatic rings. The van der Waals surface area contributed by atoms with Crippen molar-refractivity contribution in [1.82, 2.24) is 19.3 Å². The molecule has 1 aliphatic heterocycles. The number of rotatable bonds is 4. The molecule has 0 aliphatic carbocycles. The number of aromatic nitrogens is 4. The Bertz CT molecular complexity index is 780. The summed E-state index contributed by atoms with van der Waals surface area (Å²) in [5, 5.41) is 3.93. The predicted octanol–water partition coefficient (Wildman–Crippen LogP) is 3.73. The average molecular weight is 338 g/mol. The van der Waals surface area contributed by atoms with Crippen molar-refractivity contribution in [2.75, 3.05) is 23.3 Å². The Balaban J connectivity index is 1.45. The van der Waals surface area contributed by atoms with Crippen LogP contribution in [-0.4, -0.2) is 32.4 Å². The number of nitrogens with one attached hydrogen (secondary N) is 1. The molecule has 3 aromatic heterocycles. The van der Waals surface area contributed by atoms with Crippen molar-refractivity contribution in [1.29, 1.82) is 0 Å². The molecule has 0 saturated carbocycles. The summed E-state index contributed by atoms with van der Waals surface area (Å²) in [7, 11) is 0. The molecule has 1 fully saturated rings. The predicted molar refractivity (Wildman–Crippen MR) is 96.7 cm³/mol. The summed E-state index contributed by atoms with van der Waals surface area (Å²) >= 11 is 1.31. The summed E-state index contributed by atoms with van der Waals surface area (Å²) in [5.74, 6) is 1.41. The maximum Gasteiger partial charge on any atom is 0.208 e. The van der Waals surface area contributed by atoms with Crippen LogP contribution in [0.5, 0.6) is 0 Å². The van der Waals surface area contributed by atoms with Crippen LogP contribution in [0.4, 0.5) is 16.6 Å². The quantitative estimate of drug-likeness (QED) is 0.782. The first kappa shape index (κ1) is 15.0. The van der Waals surface area contributed by atoms with E-state index in [0.29, 0.717) is 11.0 Å². The zero-order valence-corrected chi connectivity index (χ0v) is 14.0. The minimum Gasteiger partial charge on any atom is -0.370 e. The fraction of sp³-hybridized carbons (Fsp3) is 0.294. The van der Waals surface area contributed by atoms with Crippen LogP contribution in [0.25, 0.3) is 11.5 Å². The maximum absolute atomic E-state index is 4.50. The van der Waals surface area contributed by atoms with Crippen molar-refractivity contribution in [3.05, 3.63) is 42.7 Å². The van der Waals surface area contributed by atoms with Crippen molar-refractivity contribution in [2.45, 2.75) is 19.3 Å². The molecule has 0 bridgehead atoms. The van der Waals surface area contributed by atoms with Crippen LogP contribution in [0.2, 0.25) is 0 Å². The fourth-order valence-electron chi connectivity index (χ4n) is 2.78. The monoisotopic (exact) mass is 338 g/mol. The highest BCUT2D eigenvalue weighted by atomic mass is 32.1. The van der Waals surface area contributed by atoms with E-state index in [0.717, 1.165) is 24.6 Å². The highest BCUT2D eigenvalue weighted by Gasteiger charge is 2.12. The lowest BCUT2D eigenvalue weighted by atomic mass is 10.1. The van der Waals surface area contributed by atoms with Gasteiger partial charge >= 0.3 is 0 Å². The zero-order chi connectivity index (χ0) is 16.2. The van der Waals surface area contributed by atoms with Crippen molar-refractivity contribution in [2.24, 2.45) is 0 Å². The van der Waals surface area contributed by atoms with Crippen molar-refractivity contribution < 1.29 is 0 Å². The first-order chi connectivity index (χ1) is 11.9. The first-order valence-corrected chi connectivity index (χ1v) is 8.89. The van der Waals surface area contributed by atoms with E-state index in [9.17, 15) is 0 Å². The van der Waals surface area contributed by atoms with Crippen molar-refractivity contribution >= 4 is 28.2 Å². The van der Waals surface area contributed by atoms with Gasteiger partial charge < -0.3 is 10.2 Å². The van der Waals surface area contributed by atoms with Gasteiger partial charge in [-0.25, -0.2) is 4.98 Å². The minimum atomic E-state index is 0.632. The van der Waals surface area contributed by atoms with Gasteiger partial charge in [-0.05, 0) is 43.5 Å². The average Bonchev–Trinajstić information content (AvgIpc) is 3.12. The second-order valence-electron chi connectivity index (χ2n) is 5.71. The van der Waals surface area contributed by atoms with Crippen molar-refractivity contribution in [3.8, 4) is 11.5 Å². The minimum absolute atomic E-state index is 0.632. The molecule has 7 heteroatoms. The fourth-order valence-corrected chi connectivity index (χ4v) is 3.37. The van der Waals surface area contributed by atoms with E-state index in [-0.39, 0.29) is 0 Å². The van der Waals surface area contributed by atoms with Gasteiger partial charge in [0.25, 0.3) is 0 Å². The molecule has 4 rings (SSSR count). The van der Waals surface area contributed by atoms with Gasteiger partial charge in [0.05, 0.1) is 11.9 Å². The van der Waals surface area contributed by atoms with Gasteiger partial charge in [-0.2, -0.15) is 9.36 Å². The smallest absolute Gasteiger partial charge is 0.208 e. The zero-order valence-electron chi connectivity index (χ0n) is 13.2. The Morgan fingerprint density at radius 2 is 1.92 bits per heavy atom. The maximum atomic E-state index is 4.50. The lowest BCUT2D eigenvalue weighted by Gasteiger charge is -2.28. The lowest BCUT2D eigenvalue weighted by molar-refractivity contribution is 0.577. The molecule has 3 aromatic rings. The first-order valence-electron chi connectivity index (χ1n) is 8.12. The Labute approximate surface area is 144 Å². The number of nitrogens with zero attached hydrogens (tertiary/aromatic N) is 5. The van der Waals surface area contributed by atoms with E-state index in [1.54, 1.807) is 6.20 Å². The highest BCUT2D eigenvalue weighted by molar-refractivity contribution is 7.09. The van der Waals surface area contributed by atoms with Gasteiger partial charge in [0.2, 0.25) is 5.13 Å². The normalized spacial score (nSPS) is 14.6. The molecule has 6 nitrogen and oxygen atoms in total. The Morgan fingerprint density at radius 3 is 2.67 bits per heavy atom. The number of hydrogen-bond donors (Lipinski definition) is 1. The van der Waals surface area contributed by atoms with Gasteiger partial charge in [-0.1, -0.05) is 6.07 Å². The largest absolute Gasteiger partial charge is 0.370 e. The second-order valence-corrected chi connectivity index (χ2v) is 6.46. The van der Waals surface area contributed by atoms with Crippen LogP contribution >= 0.6 is 11.5 Å². The Hall–Kier alpha value is -2.54. The van der Waals surface area contributed by atoms with Crippen LogP contribution in [0.1, 0.15) is 19.3 Å². The van der Waals surface area contributed by atoms with Crippen LogP contribution in [-0.2, 0) is 0 Å². The second kappa shape index (κ2) is 6.92. The number of hydrogen-bond acceptors (Lipinski definition) is 7. The van der Waals surface area contributed by atoms with E-state index >= 15 is 0 Å². The molecule has 0 unspecified atom stereocenters. The molecule has 1 N–H and O–H groups in total. The molecule has 0 aromatic carbocycles. The molecule has 0 spiro atoms. The summed E-state index contributed by atoms with van der Waals surface area (Å²) in [4.78, 5) is 15.6. The molecule has 0 atom stereocenters.